The standard InChI is InChI=1S/C14H19Cl3N2/c15-12-4-5-13(16)14(17)11(12)10-18-6-9-19-7-2-1-3-8-19/h4-5,18H,1-3,6-10H2. The van der Waals surface area contributed by atoms with Gasteiger partial charge in [-0.3, -0.25) is 0 Å². The van der Waals surface area contributed by atoms with Gasteiger partial charge < -0.3 is 10.2 Å². The Kier molecular flexibility index (Phi) is 6.24. The second-order valence-electron chi connectivity index (χ2n) is 4.90. The monoisotopic (exact) mass is 320 g/mol. The molecule has 0 spiro atoms. The van der Waals surface area contributed by atoms with Crippen molar-refractivity contribution >= 4 is 34.8 Å². The zero-order valence-corrected chi connectivity index (χ0v) is 13.2. The van der Waals surface area contributed by atoms with Gasteiger partial charge in [0.15, 0.2) is 0 Å². The minimum absolute atomic E-state index is 0.555. The quantitative estimate of drug-likeness (QED) is 0.645. The van der Waals surface area contributed by atoms with Crippen LogP contribution in [0.25, 0.3) is 0 Å². The number of nitrogens with zero attached hydrogens (tertiary/aromatic N) is 1. The fourth-order valence-electron chi connectivity index (χ4n) is 2.36. The Hall–Kier alpha value is 0.01000. The van der Waals surface area contributed by atoms with E-state index < -0.39 is 0 Å². The largest absolute Gasteiger partial charge is 0.311 e. The van der Waals surface area contributed by atoms with Crippen LogP contribution >= 0.6 is 34.8 Å². The number of piperidine rings is 1. The maximum Gasteiger partial charge on any atom is 0.0652 e. The first-order chi connectivity index (χ1) is 9.18. The van der Waals surface area contributed by atoms with Crippen LogP contribution in [0.15, 0.2) is 12.1 Å². The van der Waals surface area contributed by atoms with Crippen LogP contribution in [-0.2, 0) is 6.54 Å². The minimum atomic E-state index is 0.555. The van der Waals surface area contributed by atoms with Crippen molar-refractivity contribution in [3.05, 3.63) is 32.8 Å². The van der Waals surface area contributed by atoms with Gasteiger partial charge in [-0.15, -0.1) is 0 Å². The van der Waals surface area contributed by atoms with E-state index in [1.54, 1.807) is 12.1 Å². The van der Waals surface area contributed by atoms with E-state index in [1.165, 1.54) is 32.4 Å². The summed E-state index contributed by atoms with van der Waals surface area (Å²) in [6.45, 7) is 5.13. The van der Waals surface area contributed by atoms with E-state index in [-0.39, 0.29) is 0 Å². The average Bonchev–Trinajstić information content (AvgIpc) is 2.43. The van der Waals surface area contributed by atoms with Gasteiger partial charge in [-0.25, -0.2) is 0 Å². The Morgan fingerprint density at radius 2 is 1.68 bits per heavy atom. The lowest BCUT2D eigenvalue weighted by Gasteiger charge is -2.26. The molecule has 106 valence electrons. The molecule has 0 atom stereocenters. The summed E-state index contributed by atoms with van der Waals surface area (Å²) in [4.78, 5) is 2.50. The first-order valence-corrected chi connectivity index (χ1v) is 7.87. The first kappa shape index (κ1) is 15.4. The van der Waals surface area contributed by atoms with Gasteiger partial charge in [-0.1, -0.05) is 41.2 Å². The normalized spacial score (nSPS) is 16.8. The van der Waals surface area contributed by atoms with E-state index in [1.807, 2.05) is 0 Å². The molecule has 0 saturated carbocycles. The van der Waals surface area contributed by atoms with Crippen LogP contribution in [-0.4, -0.2) is 31.1 Å². The van der Waals surface area contributed by atoms with Crippen LogP contribution in [0.1, 0.15) is 24.8 Å². The highest BCUT2D eigenvalue weighted by atomic mass is 35.5. The van der Waals surface area contributed by atoms with Crippen molar-refractivity contribution in [3.63, 3.8) is 0 Å². The van der Waals surface area contributed by atoms with Crippen LogP contribution in [0.5, 0.6) is 0 Å². The summed E-state index contributed by atoms with van der Waals surface area (Å²) < 4.78 is 0. The zero-order valence-electron chi connectivity index (χ0n) is 10.9. The predicted molar refractivity (Wildman–Crippen MR) is 83.5 cm³/mol. The van der Waals surface area contributed by atoms with Crippen LogP contribution in [0.4, 0.5) is 0 Å². The van der Waals surface area contributed by atoms with Crippen LogP contribution < -0.4 is 5.32 Å². The van der Waals surface area contributed by atoms with Crippen molar-refractivity contribution in [1.29, 1.82) is 0 Å². The van der Waals surface area contributed by atoms with Crippen molar-refractivity contribution in [2.45, 2.75) is 25.8 Å². The lowest BCUT2D eigenvalue weighted by Crippen LogP contribution is -2.35. The molecule has 0 aromatic heterocycles. The summed E-state index contributed by atoms with van der Waals surface area (Å²) in [6.07, 6.45) is 4.02. The molecule has 1 N–H and O–H groups in total. The molecule has 1 aliphatic rings. The fraction of sp³-hybridized carbons (Fsp3) is 0.571. The van der Waals surface area contributed by atoms with E-state index in [0.717, 1.165) is 18.7 Å². The Labute approximate surface area is 130 Å². The Morgan fingerprint density at radius 3 is 2.42 bits per heavy atom. The summed E-state index contributed by atoms with van der Waals surface area (Å²) in [5, 5.41) is 5.16. The Balaban J connectivity index is 1.77. The topological polar surface area (TPSA) is 15.3 Å². The van der Waals surface area contributed by atoms with Gasteiger partial charge in [0.05, 0.1) is 10.0 Å². The fourth-order valence-corrected chi connectivity index (χ4v) is 3.05. The third-order valence-electron chi connectivity index (χ3n) is 3.49. The number of hydrogen-bond donors (Lipinski definition) is 1. The van der Waals surface area contributed by atoms with E-state index in [9.17, 15) is 0 Å². The second kappa shape index (κ2) is 7.70. The highest BCUT2D eigenvalue weighted by Gasteiger charge is 2.11. The molecule has 0 aliphatic carbocycles. The van der Waals surface area contributed by atoms with E-state index in [2.05, 4.69) is 10.2 Å². The van der Waals surface area contributed by atoms with Gasteiger partial charge in [0, 0.05) is 30.2 Å². The number of hydrogen-bond acceptors (Lipinski definition) is 2. The summed E-state index contributed by atoms with van der Waals surface area (Å²) in [6, 6.07) is 3.51. The molecule has 0 radical (unpaired) electrons. The average molecular weight is 322 g/mol. The van der Waals surface area contributed by atoms with E-state index in [4.69, 9.17) is 34.8 Å². The molecule has 1 aromatic rings. The molecule has 0 unspecified atom stereocenters. The second-order valence-corrected chi connectivity index (χ2v) is 6.09. The van der Waals surface area contributed by atoms with Gasteiger partial charge in [0.2, 0.25) is 0 Å². The maximum absolute atomic E-state index is 6.16. The predicted octanol–water partition coefficient (Wildman–Crippen LogP) is 4.22. The minimum Gasteiger partial charge on any atom is -0.311 e. The highest BCUT2D eigenvalue weighted by Crippen LogP contribution is 2.31. The highest BCUT2D eigenvalue weighted by molar-refractivity contribution is 6.44. The Bertz CT molecular complexity index is 417. The van der Waals surface area contributed by atoms with Crippen LogP contribution in [0.2, 0.25) is 15.1 Å². The molecule has 19 heavy (non-hydrogen) atoms. The lowest BCUT2D eigenvalue weighted by atomic mass is 10.1. The van der Waals surface area contributed by atoms with Gasteiger partial charge >= 0.3 is 0 Å². The van der Waals surface area contributed by atoms with Crippen molar-refractivity contribution in [3.8, 4) is 0 Å². The van der Waals surface area contributed by atoms with E-state index in [0.29, 0.717) is 21.6 Å². The molecular formula is C14H19Cl3N2. The van der Waals surface area contributed by atoms with Crippen molar-refractivity contribution in [1.82, 2.24) is 10.2 Å². The molecule has 2 nitrogen and oxygen atoms in total. The van der Waals surface area contributed by atoms with Crippen LogP contribution in [0, 0.1) is 0 Å². The maximum atomic E-state index is 6.16. The summed E-state index contributed by atoms with van der Waals surface area (Å²) in [5.74, 6) is 0. The summed E-state index contributed by atoms with van der Waals surface area (Å²) >= 11 is 18.3. The summed E-state index contributed by atoms with van der Waals surface area (Å²) in [7, 11) is 0. The van der Waals surface area contributed by atoms with Crippen LogP contribution in [0.3, 0.4) is 0 Å². The van der Waals surface area contributed by atoms with Gasteiger partial charge in [0.25, 0.3) is 0 Å². The number of likely N-dealkylation sites (tertiary alicyclic amines) is 1. The van der Waals surface area contributed by atoms with Gasteiger partial charge in [-0.05, 0) is 38.1 Å². The number of rotatable bonds is 5. The zero-order chi connectivity index (χ0) is 13.7. The number of nitrogens with one attached hydrogen (secondary N) is 1. The smallest absolute Gasteiger partial charge is 0.0652 e. The number of benzene rings is 1. The molecular weight excluding hydrogens is 303 g/mol. The SMILES string of the molecule is Clc1ccc(Cl)c(CNCCN2CCCCC2)c1Cl. The van der Waals surface area contributed by atoms with Crippen molar-refractivity contribution in [2.24, 2.45) is 0 Å². The van der Waals surface area contributed by atoms with Gasteiger partial charge in [-0.2, -0.15) is 0 Å². The molecule has 5 heteroatoms. The Morgan fingerprint density at radius 1 is 1.00 bits per heavy atom. The molecule has 1 fully saturated rings. The molecule has 0 bridgehead atoms. The van der Waals surface area contributed by atoms with E-state index >= 15 is 0 Å². The summed E-state index contributed by atoms with van der Waals surface area (Å²) in [5.41, 5.74) is 0.884. The molecule has 2 rings (SSSR count). The molecule has 1 aromatic carbocycles. The van der Waals surface area contributed by atoms with Crippen molar-refractivity contribution < 1.29 is 0 Å². The molecule has 0 amide bonds. The third kappa shape index (κ3) is 4.51. The molecule has 1 aliphatic heterocycles. The molecule has 1 heterocycles. The lowest BCUT2D eigenvalue weighted by molar-refractivity contribution is 0.229. The van der Waals surface area contributed by atoms with Gasteiger partial charge in [0.1, 0.15) is 0 Å². The van der Waals surface area contributed by atoms with Crippen molar-refractivity contribution in [2.75, 3.05) is 26.2 Å². The molecule has 1 saturated heterocycles. The first-order valence-electron chi connectivity index (χ1n) is 6.74. The number of halogens is 3. The third-order valence-corrected chi connectivity index (χ3v) is 4.69.